The van der Waals surface area contributed by atoms with Gasteiger partial charge in [0.15, 0.2) is 5.82 Å². The first kappa shape index (κ1) is 12.2. The van der Waals surface area contributed by atoms with E-state index in [1.807, 2.05) is 0 Å². The van der Waals surface area contributed by atoms with Crippen LogP contribution in [0.1, 0.15) is 25.6 Å². The second-order valence-corrected chi connectivity index (χ2v) is 4.86. The fourth-order valence-electron chi connectivity index (χ4n) is 2.18. The highest BCUT2D eigenvalue weighted by molar-refractivity contribution is 5.45. The van der Waals surface area contributed by atoms with E-state index in [9.17, 15) is 4.39 Å². The third kappa shape index (κ3) is 2.63. The molecule has 5 nitrogen and oxygen atoms in total. The summed E-state index contributed by atoms with van der Waals surface area (Å²) in [4.78, 5) is 8.24. The van der Waals surface area contributed by atoms with Gasteiger partial charge >= 0.3 is 0 Å². The molecule has 0 amide bonds. The molecule has 0 bridgehead atoms. The molecule has 0 spiro atoms. The fraction of sp³-hybridized carbons (Fsp3) is 0.462. The Hall–Kier alpha value is -1.82. The van der Waals surface area contributed by atoms with Gasteiger partial charge in [-0.3, -0.25) is 0 Å². The number of hydrogen-bond donors (Lipinski definition) is 1. The molecule has 1 fully saturated rings. The Balaban J connectivity index is 1.74. The number of aromatic nitrogens is 3. The summed E-state index contributed by atoms with van der Waals surface area (Å²) in [7, 11) is 0. The summed E-state index contributed by atoms with van der Waals surface area (Å²) < 4.78 is 18.0. The van der Waals surface area contributed by atoms with Gasteiger partial charge in [-0.25, -0.2) is 9.37 Å². The number of rotatable bonds is 5. The average Bonchev–Trinajstić information content (AvgIpc) is 2.99. The molecule has 0 saturated heterocycles. The summed E-state index contributed by atoms with van der Waals surface area (Å²) in [5, 5.41) is 7.41. The Kier molecular flexibility index (Phi) is 3.02. The Bertz CT molecular complexity index is 562. The van der Waals surface area contributed by atoms with E-state index in [0.29, 0.717) is 17.4 Å². The lowest BCUT2D eigenvalue weighted by atomic mass is 10.1. The first-order valence-electron chi connectivity index (χ1n) is 6.40. The van der Waals surface area contributed by atoms with Gasteiger partial charge in [0.05, 0.1) is 6.20 Å². The molecule has 1 aliphatic rings. The Morgan fingerprint density at radius 3 is 2.89 bits per heavy atom. The lowest BCUT2D eigenvalue weighted by molar-refractivity contribution is 0.410. The minimum absolute atomic E-state index is 0.145. The summed E-state index contributed by atoms with van der Waals surface area (Å²) in [5.41, 5.74) is 0.639. The second-order valence-electron chi connectivity index (χ2n) is 4.86. The topological polar surface area (TPSA) is 63.8 Å². The molecule has 0 aromatic carbocycles. The quantitative estimate of drug-likeness (QED) is 0.892. The maximum atomic E-state index is 12.8. The minimum Gasteiger partial charge on any atom is -0.332 e. The van der Waals surface area contributed by atoms with E-state index in [0.717, 1.165) is 32.0 Å². The smallest absolute Gasteiger partial charge is 0.276 e. The van der Waals surface area contributed by atoms with Gasteiger partial charge in [-0.2, -0.15) is 4.98 Å². The zero-order valence-corrected chi connectivity index (χ0v) is 10.7. The van der Waals surface area contributed by atoms with Crippen molar-refractivity contribution < 1.29 is 8.91 Å². The largest absolute Gasteiger partial charge is 0.332 e. The molecule has 0 radical (unpaired) electrons. The monoisotopic (exact) mass is 262 g/mol. The van der Waals surface area contributed by atoms with Crippen molar-refractivity contribution in [1.82, 2.24) is 20.4 Å². The van der Waals surface area contributed by atoms with Crippen molar-refractivity contribution in [2.45, 2.75) is 31.7 Å². The third-order valence-corrected chi connectivity index (χ3v) is 3.32. The Labute approximate surface area is 110 Å². The van der Waals surface area contributed by atoms with Crippen molar-refractivity contribution in [2.24, 2.45) is 0 Å². The van der Waals surface area contributed by atoms with Crippen molar-refractivity contribution in [3.63, 3.8) is 0 Å². The summed E-state index contributed by atoms with van der Waals surface area (Å²) in [5.74, 6) is 0.620. The van der Waals surface area contributed by atoms with E-state index in [2.05, 4.69) is 27.4 Å². The summed E-state index contributed by atoms with van der Waals surface area (Å²) >= 11 is 0. The highest BCUT2D eigenvalue weighted by Gasteiger charge is 2.42. The summed E-state index contributed by atoms with van der Waals surface area (Å²) in [6, 6.07) is 2.86. The van der Waals surface area contributed by atoms with Crippen molar-refractivity contribution in [3.05, 3.63) is 30.0 Å². The number of nitrogens with zero attached hydrogens (tertiary/aromatic N) is 3. The lowest BCUT2D eigenvalue weighted by Crippen LogP contribution is -2.33. The van der Waals surface area contributed by atoms with Crippen LogP contribution in [0.15, 0.2) is 22.9 Å². The first-order valence-corrected chi connectivity index (χ1v) is 6.40. The van der Waals surface area contributed by atoms with E-state index in [1.165, 1.54) is 12.1 Å². The number of nitrogens with one attached hydrogen (secondary N) is 1. The molecule has 0 aliphatic heterocycles. The Morgan fingerprint density at radius 2 is 2.26 bits per heavy atom. The molecule has 2 heterocycles. The molecule has 0 atom stereocenters. The van der Waals surface area contributed by atoms with Gasteiger partial charge < -0.3 is 9.84 Å². The predicted octanol–water partition coefficient (Wildman–Crippen LogP) is 1.96. The zero-order chi connectivity index (χ0) is 13.3. The molecule has 1 aliphatic carbocycles. The van der Waals surface area contributed by atoms with Crippen molar-refractivity contribution in [3.8, 4) is 11.6 Å². The van der Waals surface area contributed by atoms with Crippen LogP contribution in [0.2, 0.25) is 0 Å². The maximum Gasteiger partial charge on any atom is 0.276 e. The highest BCUT2D eigenvalue weighted by Crippen LogP contribution is 2.38. The van der Waals surface area contributed by atoms with Gasteiger partial charge in [-0.15, -0.1) is 0 Å². The maximum absolute atomic E-state index is 12.8. The number of pyridine rings is 1. The van der Waals surface area contributed by atoms with Gasteiger partial charge in [-0.1, -0.05) is 12.1 Å². The van der Waals surface area contributed by atoms with Crippen LogP contribution in [0.3, 0.4) is 0 Å². The fourth-order valence-corrected chi connectivity index (χ4v) is 2.18. The van der Waals surface area contributed by atoms with Crippen LogP contribution in [-0.2, 0) is 6.42 Å². The zero-order valence-electron chi connectivity index (χ0n) is 10.7. The normalized spacial score (nSPS) is 16.5. The Morgan fingerprint density at radius 1 is 1.42 bits per heavy atom. The van der Waals surface area contributed by atoms with Crippen LogP contribution < -0.4 is 5.32 Å². The van der Waals surface area contributed by atoms with Gasteiger partial charge in [-0.05, 0) is 31.5 Å². The molecule has 2 aromatic heterocycles. The molecule has 19 heavy (non-hydrogen) atoms. The van der Waals surface area contributed by atoms with Gasteiger partial charge in [0.1, 0.15) is 11.5 Å². The second kappa shape index (κ2) is 4.70. The molecular formula is C13H15FN4O. The molecule has 1 N–H and O–H groups in total. The van der Waals surface area contributed by atoms with Crippen molar-refractivity contribution >= 4 is 0 Å². The molecule has 100 valence electrons. The number of likely N-dealkylation sites (N-methyl/N-ethyl adjacent to an activating group) is 1. The highest BCUT2D eigenvalue weighted by atomic mass is 19.1. The molecule has 2 aromatic rings. The van der Waals surface area contributed by atoms with Crippen LogP contribution in [0.25, 0.3) is 11.6 Å². The van der Waals surface area contributed by atoms with Crippen molar-refractivity contribution in [1.29, 1.82) is 0 Å². The molecule has 6 heteroatoms. The van der Waals surface area contributed by atoms with E-state index in [4.69, 9.17) is 4.52 Å². The van der Waals surface area contributed by atoms with Crippen molar-refractivity contribution in [2.75, 3.05) is 6.54 Å². The van der Waals surface area contributed by atoms with Crippen LogP contribution >= 0.6 is 0 Å². The third-order valence-electron chi connectivity index (χ3n) is 3.32. The van der Waals surface area contributed by atoms with E-state index in [1.54, 1.807) is 0 Å². The predicted molar refractivity (Wildman–Crippen MR) is 66.8 cm³/mol. The lowest BCUT2D eigenvalue weighted by Gasteiger charge is -2.12. The van der Waals surface area contributed by atoms with Crippen LogP contribution in [0.4, 0.5) is 4.39 Å². The van der Waals surface area contributed by atoms with E-state index in [-0.39, 0.29) is 11.4 Å². The standard InChI is InChI=1S/C13H15FN4O/c1-2-16-13(5-6-13)7-11-17-12(19-18-11)10-4-3-9(14)8-15-10/h3-4,8,16H,2,5-7H2,1H3. The summed E-state index contributed by atoms with van der Waals surface area (Å²) in [6.45, 7) is 3.02. The first-order chi connectivity index (χ1) is 9.21. The summed E-state index contributed by atoms with van der Waals surface area (Å²) in [6.07, 6.45) is 4.17. The van der Waals surface area contributed by atoms with Gasteiger partial charge in [0.2, 0.25) is 0 Å². The SMILES string of the molecule is CCNC1(Cc2noc(-c3ccc(F)cn3)n2)CC1. The molecular weight excluding hydrogens is 247 g/mol. The van der Waals surface area contributed by atoms with Crippen LogP contribution in [-0.4, -0.2) is 27.2 Å². The van der Waals surface area contributed by atoms with Gasteiger partial charge in [0.25, 0.3) is 5.89 Å². The van der Waals surface area contributed by atoms with E-state index < -0.39 is 0 Å². The van der Waals surface area contributed by atoms with Crippen LogP contribution in [0, 0.1) is 5.82 Å². The molecule has 0 unspecified atom stereocenters. The average molecular weight is 262 g/mol. The minimum atomic E-state index is -0.382. The van der Waals surface area contributed by atoms with E-state index >= 15 is 0 Å². The number of halogens is 1. The number of hydrogen-bond acceptors (Lipinski definition) is 5. The molecule has 3 rings (SSSR count). The van der Waals surface area contributed by atoms with Gasteiger partial charge in [0, 0.05) is 12.0 Å². The van der Waals surface area contributed by atoms with Crippen LogP contribution in [0.5, 0.6) is 0 Å². The molecule has 1 saturated carbocycles.